The summed E-state index contributed by atoms with van der Waals surface area (Å²) in [5, 5.41) is 0. The number of ketones is 1. The minimum atomic E-state index is -1.13. The molecular formula is C12H13F3O. The van der Waals surface area contributed by atoms with Gasteiger partial charge in [0.1, 0.15) is 17.5 Å². The first-order valence-electron chi connectivity index (χ1n) is 5.09. The van der Waals surface area contributed by atoms with Gasteiger partial charge in [0.25, 0.3) is 0 Å². The van der Waals surface area contributed by atoms with E-state index in [4.69, 9.17) is 0 Å². The Balaban J connectivity index is 2.91. The summed E-state index contributed by atoms with van der Waals surface area (Å²) in [6.45, 7) is 3.81. The van der Waals surface area contributed by atoms with Gasteiger partial charge >= 0.3 is 0 Å². The molecule has 4 heteroatoms. The van der Waals surface area contributed by atoms with Gasteiger partial charge in [-0.15, -0.1) is 0 Å². The van der Waals surface area contributed by atoms with E-state index in [0.29, 0.717) is 18.6 Å². The summed E-state index contributed by atoms with van der Waals surface area (Å²) in [4.78, 5) is 11.5. The number of halogens is 3. The van der Waals surface area contributed by atoms with Gasteiger partial charge in [0.2, 0.25) is 0 Å². The molecule has 0 saturated carbocycles. The molecule has 88 valence electrons. The number of carbonyl (C=O) groups excluding carboxylic acids is 1. The summed E-state index contributed by atoms with van der Waals surface area (Å²) in [7, 11) is 0. The van der Waals surface area contributed by atoms with Crippen LogP contribution < -0.4 is 0 Å². The molecule has 0 spiro atoms. The van der Waals surface area contributed by atoms with Crippen LogP contribution in [0.25, 0.3) is 0 Å². The monoisotopic (exact) mass is 230 g/mol. The predicted octanol–water partition coefficient (Wildman–Crippen LogP) is 3.72. The van der Waals surface area contributed by atoms with Crippen LogP contribution in [0.4, 0.5) is 13.2 Å². The smallest absolute Gasteiger partial charge is 0.168 e. The fourth-order valence-electron chi connectivity index (χ4n) is 1.35. The van der Waals surface area contributed by atoms with Crippen LogP contribution in [-0.2, 0) is 0 Å². The fraction of sp³-hybridized carbons (Fsp3) is 0.417. The van der Waals surface area contributed by atoms with Crippen molar-refractivity contribution < 1.29 is 18.0 Å². The average Bonchev–Trinajstić information content (AvgIpc) is 2.12. The van der Waals surface area contributed by atoms with E-state index >= 15 is 0 Å². The Labute approximate surface area is 92.3 Å². The Hall–Kier alpha value is -1.32. The van der Waals surface area contributed by atoms with Gasteiger partial charge in [-0.2, -0.15) is 0 Å². The molecule has 0 heterocycles. The topological polar surface area (TPSA) is 17.1 Å². The summed E-state index contributed by atoms with van der Waals surface area (Å²) in [5.41, 5.74) is -0.637. The molecule has 1 nitrogen and oxygen atoms in total. The summed E-state index contributed by atoms with van der Waals surface area (Å²) in [6, 6.07) is 1.04. The second-order valence-electron chi connectivity index (χ2n) is 4.10. The summed E-state index contributed by atoms with van der Waals surface area (Å²) in [5.74, 6) is -3.63. The third kappa shape index (κ3) is 3.08. The third-order valence-corrected chi connectivity index (χ3v) is 2.23. The van der Waals surface area contributed by atoms with E-state index in [2.05, 4.69) is 0 Å². The Morgan fingerprint density at radius 1 is 1.19 bits per heavy atom. The molecule has 1 aromatic carbocycles. The molecule has 1 aromatic rings. The zero-order valence-corrected chi connectivity index (χ0v) is 9.19. The highest BCUT2D eigenvalue weighted by Crippen LogP contribution is 2.18. The molecule has 0 atom stereocenters. The number of rotatable bonds is 4. The Morgan fingerprint density at radius 3 is 2.12 bits per heavy atom. The lowest BCUT2D eigenvalue weighted by Crippen LogP contribution is -2.08. The van der Waals surface area contributed by atoms with E-state index in [1.807, 2.05) is 13.8 Å². The molecule has 0 aliphatic carbocycles. The van der Waals surface area contributed by atoms with Crippen LogP contribution in [0.5, 0.6) is 0 Å². The first-order chi connectivity index (χ1) is 7.41. The van der Waals surface area contributed by atoms with Crippen molar-refractivity contribution in [1.29, 1.82) is 0 Å². The van der Waals surface area contributed by atoms with Crippen LogP contribution in [0.1, 0.15) is 37.0 Å². The number of benzene rings is 1. The Bertz CT molecular complexity index is 376. The highest BCUT2D eigenvalue weighted by atomic mass is 19.1. The largest absolute Gasteiger partial charge is 0.294 e. The zero-order chi connectivity index (χ0) is 12.3. The standard InChI is InChI=1S/C12H13F3O/c1-7(2)3-4-11(16)12-9(14)5-8(13)6-10(12)15/h5-7H,3-4H2,1-2H3. The van der Waals surface area contributed by atoms with Crippen LogP contribution in [0.3, 0.4) is 0 Å². The van der Waals surface area contributed by atoms with Crippen LogP contribution >= 0.6 is 0 Å². The molecule has 1 rings (SSSR count). The van der Waals surface area contributed by atoms with Gasteiger partial charge in [-0.25, -0.2) is 13.2 Å². The second-order valence-corrected chi connectivity index (χ2v) is 4.10. The van der Waals surface area contributed by atoms with Gasteiger partial charge in [-0.3, -0.25) is 4.79 Å². The van der Waals surface area contributed by atoms with Gasteiger partial charge in [-0.1, -0.05) is 13.8 Å². The third-order valence-electron chi connectivity index (χ3n) is 2.23. The van der Waals surface area contributed by atoms with Crippen LogP contribution in [0.2, 0.25) is 0 Å². The quantitative estimate of drug-likeness (QED) is 0.720. The lowest BCUT2D eigenvalue weighted by Gasteiger charge is -2.06. The SMILES string of the molecule is CC(C)CCC(=O)c1c(F)cc(F)cc1F. The molecule has 0 radical (unpaired) electrons. The molecule has 0 unspecified atom stereocenters. The molecule has 0 aliphatic rings. The molecule has 0 fully saturated rings. The summed E-state index contributed by atoms with van der Waals surface area (Å²) >= 11 is 0. The summed E-state index contributed by atoms with van der Waals surface area (Å²) < 4.78 is 39.0. The van der Waals surface area contributed by atoms with Crippen molar-refractivity contribution in [3.63, 3.8) is 0 Å². The minimum absolute atomic E-state index is 0.0666. The molecule has 0 bridgehead atoms. The molecule has 0 N–H and O–H groups in total. The van der Waals surface area contributed by atoms with E-state index in [0.717, 1.165) is 0 Å². The van der Waals surface area contributed by atoms with Gasteiger partial charge in [0, 0.05) is 18.6 Å². The Morgan fingerprint density at radius 2 is 1.69 bits per heavy atom. The van der Waals surface area contributed by atoms with Gasteiger partial charge in [0.05, 0.1) is 5.56 Å². The molecule has 0 aromatic heterocycles. The maximum Gasteiger partial charge on any atom is 0.168 e. The second kappa shape index (κ2) is 5.14. The van der Waals surface area contributed by atoms with Gasteiger partial charge in [-0.05, 0) is 12.3 Å². The van der Waals surface area contributed by atoms with E-state index < -0.39 is 28.8 Å². The van der Waals surface area contributed by atoms with Crippen molar-refractivity contribution in [3.05, 3.63) is 35.1 Å². The predicted molar refractivity (Wildman–Crippen MR) is 54.7 cm³/mol. The van der Waals surface area contributed by atoms with Crippen LogP contribution in [-0.4, -0.2) is 5.78 Å². The maximum atomic E-state index is 13.2. The number of Topliss-reactive ketones (excluding diaryl/α,β-unsaturated/α-hetero) is 1. The van der Waals surface area contributed by atoms with E-state index in [-0.39, 0.29) is 12.3 Å². The summed E-state index contributed by atoms with van der Waals surface area (Å²) in [6.07, 6.45) is 0.617. The van der Waals surface area contributed by atoms with E-state index in [1.54, 1.807) is 0 Å². The highest BCUT2D eigenvalue weighted by Gasteiger charge is 2.18. The number of hydrogen-bond donors (Lipinski definition) is 0. The molecule has 0 amide bonds. The van der Waals surface area contributed by atoms with Crippen LogP contribution in [0, 0.1) is 23.4 Å². The van der Waals surface area contributed by atoms with Crippen molar-refractivity contribution in [3.8, 4) is 0 Å². The average molecular weight is 230 g/mol. The number of carbonyl (C=O) groups is 1. The lowest BCUT2D eigenvalue weighted by atomic mass is 10.0. The zero-order valence-electron chi connectivity index (χ0n) is 9.19. The van der Waals surface area contributed by atoms with Crippen molar-refractivity contribution >= 4 is 5.78 Å². The molecular weight excluding hydrogens is 217 g/mol. The van der Waals surface area contributed by atoms with E-state index in [1.165, 1.54) is 0 Å². The van der Waals surface area contributed by atoms with Crippen molar-refractivity contribution in [2.75, 3.05) is 0 Å². The first-order valence-corrected chi connectivity index (χ1v) is 5.09. The van der Waals surface area contributed by atoms with E-state index in [9.17, 15) is 18.0 Å². The molecule has 16 heavy (non-hydrogen) atoms. The van der Waals surface area contributed by atoms with Crippen molar-refractivity contribution in [1.82, 2.24) is 0 Å². The van der Waals surface area contributed by atoms with Crippen molar-refractivity contribution in [2.45, 2.75) is 26.7 Å². The maximum absolute atomic E-state index is 13.2. The normalized spacial score (nSPS) is 10.9. The van der Waals surface area contributed by atoms with Crippen LogP contribution in [0.15, 0.2) is 12.1 Å². The molecule has 0 saturated heterocycles. The van der Waals surface area contributed by atoms with Gasteiger partial charge in [0.15, 0.2) is 5.78 Å². The lowest BCUT2D eigenvalue weighted by molar-refractivity contribution is 0.0967. The minimum Gasteiger partial charge on any atom is -0.294 e. The van der Waals surface area contributed by atoms with Gasteiger partial charge < -0.3 is 0 Å². The number of hydrogen-bond acceptors (Lipinski definition) is 1. The fourth-order valence-corrected chi connectivity index (χ4v) is 1.35. The highest BCUT2D eigenvalue weighted by molar-refractivity contribution is 5.96. The Kier molecular flexibility index (Phi) is 4.10. The molecule has 0 aliphatic heterocycles. The first kappa shape index (κ1) is 12.7. The van der Waals surface area contributed by atoms with Crippen molar-refractivity contribution in [2.24, 2.45) is 5.92 Å².